The average molecular weight is 280 g/mol. The molecule has 0 radical (unpaired) electrons. The van der Waals surface area contributed by atoms with Crippen molar-refractivity contribution < 1.29 is 4.39 Å². The van der Waals surface area contributed by atoms with Crippen LogP contribution in [0.15, 0.2) is 18.2 Å². The first-order valence-corrected chi connectivity index (χ1v) is 5.54. The van der Waals surface area contributed by atoms with E-state index in [9.17, 15) is 4.39 Å². The zero-order valence-electron chi connectivity index (χ0n) is 7.18. The minimum Gasteiger partial charge on any atom is -0.337 e. The molecule has 1 N–H and O–H groups in total. The summed E-state index contributed by atoms with van der Waals surface area (Å²) in [6, 6.07) is 4.86. The molecule has 1 aromatic rings. The Labute approximate surface area is 107 Å². The van der Waals surface area contributed by atoms with E-state index in [1.807, 2.05) is 0 Å². The fraction of sp³-hybridized carbons (Fsp3) is 0.111. The molecule has 0 bridgehead atoms. The van der Waals surface area contributed by atoms with Gasteiger partial charge >= 0.3 is 0 Å². The lowest BCUT2D eigenvalue weighted by atomic mass is 10.0. The van der Waals surface area contributed by atoms with Crippen LogP contribution >= 0.6 is 47.6 Å². The number of halogens is 3. The minimum atomic E-state index is -2.46. The van der Waals surface area contributed by atoms with Gasteiger partial charge in [0.2, 0.25) is 0 Å². The van der Waals surface area contributed by atoms with Crippen LogP contribution in [0.5, 0.6) is 0 Å². The molecule has 0 atom stereocenters. The summed E-state index contributed by atoms with van der Waals surface area (Å²) < 4.78 is 11.0. The van der Waals surface area contributed by atoms with Crippen LogP contribution < -0.4 is 5.32 Å². The number of rotatable bonds is 1. The van der Waals surface area contributed by atoms with E-state index in [0.29, 0.717) is 21.1 Å². The first-order chi connectivity index (χ1) is 6.91. The molecular weight excluding hydrogens is 276 g/mol. The van der Waals surface area contributed by atoms with Crippen LogP contribution in [-0.2, 0) is 4.59 Å². The first kappa shape index (κ1) is 11.2. The van der Waals surface area contributed by atoms with Crippen LogP contribution in [0.1, 0.15) is 16.7 Å². The van der Waals surface area contributed by atoms with Crippen LogP contribution in [-0.4, -0.2) is 9.98 Å². The summed E-state index contributed by atoms with van der Waals surface area (Å²) in [7, 11) is 0. The minimum absolute atomic E-state index is 0.126. The molecule has 0 unspecified atom stereocenters. The maximum Gasteiger partial charge on any atom is 0.283 e. The van der Waals surface area contributed by atoms with Gasteiger partial charge in [0, 0.05) is 16.7 Å². The van der Waals surface area contributed by atoms with Gasteiger partial charge in [-0.1, -0.05) is 65.8 Å². The van der Waals surface area contributed by atoms with Crippen molar-refractivity contribution in [2.24, 2.45) is 0 Å². The number of hydrogen-bond donors (Lipinski definition) is 1. The molecule has 1 aliphatic heterocycles. The van der Waals surface area contributed by atoms with Crippen molar-refractivity contribution in [2.75, 3.05) is 0 Å². The summed E-state index contributed by atoms with van der Waals surface area (Å²) in [6.07, 6.45) is 0. The molecule has 0 saturated carbocycles. The molecule has 1 aromatic carbocycles. The zero-order valence-corrected chi connectivity index (χ0v) is 10.3. The van der Waals surface area contributed by atoms with Crippen LogP contribution in [0.4, 0.5) is 4.39 Å². The van der Waals surface area contributed by atoms with E-state index in [1.165, 1.54) is 6.07 Å². The lowest BCUT2D eigenvalue weighted by Crippen LogP contribution is -2.19. The monoisotopic (exact) mass is 279 g/mol. The molecular formula is C9H4Cl2FNS2. The zero-order chi connectivity index (χ0) is 11.2. The van der Waals surface area contributed by atoms with Gasteiger partial charge in [0.25, 0.3) is 4.59 Å². The Hall–Kier alpha value is -0.290. The van der Waals surface area contributed by atoms with Crippen molar-refractivity contribution in [3.8, 4) is 0 Å². The van der Waals surface area contributed by atoms with Crippen LogP contribution in [0.25, 0.3) is 0 Å². The van der Waals surface area contributed by atoms with Gasteiger partial charge < -0.3 is 5.32 Å². The third kappa shape index (κ3) is 1.87. The molecule has 15 heavy (non-hydrogen) atoms. The Morgan fingerprint density at radius 1 is 1.20 bits per heavy atom. The van der Waals surface area contributed by atoms with Gasteiger partial charge in [0.05, 0.1) is 0 Å². The Morgan fingerprint density at radius 2 is 1.87 bits per heavy atom. The van der Waals surface area contributed by atoms with Crippen molar-refractivity contribution >= 4 is 57.6 Å². The highest BCUT2D eigenvalue weighted by Gasteiger charge is 2.34. The molecule has 1 aliphatic rings. The second-order valence-corrected chi connectivity index (χ2v) is 5.06. The Morgan fingerprint density at radius 3 is 2.47 bits per heavy atom. The van der Waals surface area contributed by atoms with E-state index in [0.717, 1.165) is 0 Å². The van der Waals surface area contributed by atoms with Gasteiger partial charge in [-0.05, 0) is 0 Å². The second kappa shape index (κ2) is 3.63. The molecule has 0 fully saturated rings. The van der Waals surface area contributed by atoms with E-state index < -0.39 is 4.59 Å². The fourth-order valence-corrected chi connectivity index (χ4v) is 2.43. The summed E-state index contributed by atoms with van der Waals surface area (Å²) >= 11 is 20.9. The lowest BCUT2D eigenvalue weighted by Gasteiger charge is -2.13. The van der Waals surface area contributed by atoms with Crippen molar-refractivity contribution in [1.29, 1.82) is 0 Å². The van der Waals surface area contributed by atoms with Crippen LogP contribution in [0, 0.1) is 0 Å². The number of alkyl halides is 3. The Kier molecular flexibility index (Phi) is 2.71. The highest BCUT2D eigenvalue weighted by atomic mass is 35.5. The van der Waals surface area contributed by atoms with Gasteiger partial charge in [-0.2, -0.15) is 0 Å². The van der Waals surface area contributed by atoms with Gasteiger partial charge in [-0.3, -0.25) is 0 Å². The topological polar surface area (TPSA) is 12.0 Å². The number of hydrogen-bond acceptors (Lipinski definition) is 2. The number of thiocarbonyl (C=S) groups is 2. The highest BCUT2D eigenvalue weighted by Crippen LogP contribution is 2.39. The molecule has 1 nitrogen and oxygen atoms in total. The molecule has 78 valence electrons. The standard InChI is InChI=1S/C9H4Cl2FNS2/c10-9(11,12)5-3-1-2-4-6(5)8(15)13-7(4)14/h1-3H,(H,13,14,15). The first-order valence-electron chi connectivity index (χ1n) is 3.97. The maximum atomic E-state index is 13.5. The third-order valence-corrected chi connectivity index (χ3v) is 3.10. The van der Waals surface area contributed by atoms with E-state index in [2.05, 4.69) is 5.32 Å². The Balaban J connectivity index is 2.71. The molecule has 0 amide bonds. The van der Waals surface area contributed by atoms with Crippen molar-refractivity contribution in [2.45, 2.75) is 4.59 Å². The second-order valence-electron chi connectivity index (χ2n) is 3.01. The number of benzene rings is 1. The van der Waals surface area contributed by atoms with E-state index in [1.54, 1.807) is 12.1 Å². The third-order valence-electron chi connectivity index (χ3n) is 2.07. The molecule has 1 heterocycles. The van der Waals surface area contributed by atoms with Gasteiger partial charge in [0.15, 0.2) is 0 Å². The summed E-state index contributed by atoms with van der Waals surface area (Å²) in [5, 5.41) is 2.77. The molecule has 2 rings (SSSR count). The summed E-state index contributed by atoms with van der Waals surface area (Å²) in [4.78, 5) is 0.823. The van der Waals surface area contributed by atoms with E-state index >= 15 is 0 Å². The maximum absolute atomic E-state index is 13.5. The smallest absolute Gasteiger partial charge is 0.283 e. The summed E-state index contributed by atoms with van der Waals surface area (Å²) in [5.74, 6) is 0. The van der Waals surface area contributed by atoms with Crippen LogP contribution in [0.3, 0.4) is 0 Å². The highest BCUT2D eigenvalue weighted by molar-refractivity contribution is 7.82. The largest absolute Gasteiger partial charge is 0.337 e. The summed E-state index contributed by atoms with van der Waals surface area (Å²) in [6.45, 7) is 0. The number of fused-ring (bicyclic) bond motifs is 1. The Bertz CT molecular complexity index is 468. The molecule has 0 spiro atoms. The van der Waals surface area contributed by atoms with Gasteiger partial charge in [0.1, 0.15) is 9.98 Å². The normalized spacial score (nSPS) is 15.1. The van der Waals surface area contributed by atoms with E-state index in [-0.39, 0.29) is 5.56 Å². The van der Waals surface area contributed by atoms with E-state index in [4.69, 9.17) is 47.6 Å². The van der Waals surface area contributed by atoms with Gasteiger partial charge in [-0.15, -0.1) is 0 Å². The molecule has 0 aromatic heterocycles. The van der Waals surface area contributed by atoms with Crippen molar-refractivity contribution in [1.82, 2.24) is 5.32 Å². The van der Waals surface area contributed by atoms with Crippen molar-refractivity contribution in [3.05, 3.63) is 34.9 Å². The van der Waals surface area contributed by atoms with Gasteiger partial charge in [-0.25, -0.2) is 4.39 Å². The lowest BCUT2D eigenvalue weighted by molar-refractivity contribution is 0.405. The molecule has 6 heteroatoms. The number of nitrogens with one attached hydrogen (secondary N) is 1. The average Bonchev–Trinajstić information content (AvgIpc) is 2.41. The fourth-order valence-electron chi connectivity index (χ4n) is 1.46. The van der Waals surface area contributed by atoms with Crippen molar-refractivity contribution in [3.63, 3.8) is 0 Å². The molecule has 0 aliphatic carbocycles. The predicted octanol–water partition coefficient (Wildman–Crippen LogP) is 3.20. The molecule has 0 saturated heterocycles. The SMILES string of the molecule is FC(Cl)(Cl)c1cccc2c1C(=S)NC2=S. The predicted molar refractivity (Wildman–Crippen MR) is 67.5 cm³/mol. The quantitative estimate of drug-likeness (QED) is 0.626. The summed E-state index contributed by atoms with van der Waals surface area (Å²) in [5.41, 5.74) is 1.27. The van der Waals surface area contributed by atoms with Crippen LogP contribution in [0.2, 0.25) is 0 Å².